The fraction of sp³-hybridized carbons (Fsp3) is 0.308. The van der Waals surface area contributed by atoms with Crippen LogP contribution in [0.1, 0.15) is 12.0 Å². The summed E-state index contributed by atoms with van der Waals surface area (Å²) in [6.45, 7) is 0.857. The maximum absolute atomic E-state index is 6.24. The minimum Gasteiger partial charge on any atom is -0.349 e. The van der Waals surface area contributed by atoms with Gasteiger partial charge in [0.15, 0.2) is 0 Å². The molecule has 1 aliphatic carbocycles. The van der Waals surface area contributed by atoms with Crippen LogP contribution in [0.4, 0.5) is 5.69 Å². The highest BCUT2D eigenvalue weighted by molar-refractivity contribution is 6.35. The number of benzene rings is 1. The summed E-state index contributed by atoms with van der Waals surface area (Å²) in [5.41, 5.74) is 2.04. The van der Waals surface area contributed by atoms with E-state index in [0.717, 1.165) is 29.2 Å². The normalized spacial score (nSPS) is 28.1. The topological polar surface area (TPSA) is 15.6 Å². The predicted molar refractivity (Wildman–Crippen MR) is 70.1 cm³/mol. The van der Waals surface area contributed by atoms with E-state index >= 15 is 0 Å². The first-order chi connectivity index (χ1) is 8.22. The number of nitrogens with zero attached hydrogens (tertiary/aromatic N) is 2. The number of halogens is 2. The molecule has 0 saturated carbocycles. The van der Waals surface area contributed by atoms with Crippen LogP contribution >= 0.6 is 23.2 Å². The van der Waals surface area contributed by atoms with Gasteiger partial charge in [0.25, 0.3) is 0 Å². The molecule has 0 spiro atoms. The Morgan fingerprint density at radius 2 is 2.12 bits per heavy atom. The Hall–Kier alpha value is -0.990. The quantitative estimate of drug-likeness (QED) is 0.651. The first-order valence-corrected chi connectivity index (χ1v) is 6.49. The van der Waals surface area contributed by atoms with Gasteiger partial charge in [-0.2, -0.15) is 0 Å². The monoisotopic (exact) mass is 264 g/mol. The molecule has 0 amide bonds. The van der Waals surface area contributed by atoms with E-state index < -0.39 is 0 Å². The lowest BCUT2D eigenvalue weighted by Gasteiger charge is -2.32. The minimum atomic E-state index is 0.492. The summed E-state index contributed by atoms with van der Waals surface area (Å²) in [7, 11) is 0. The SMILES string of the molecule is Clc1cc(Cl)c2c(c1)N=C1C3C=CC(C3)N1C2. The summed E-state index contributed by atoms with van der Waals surface area (Å²) < 4.78 is 0. The zero-order chi connectivity index (χ0) is 11.6. The lowest BCUT2D eigenvalue weighted by atomic mass is 10.1. The van der Waals surface area contributed by atoms with E-state index in [1.54, 1.807) is 6.07 Å². The second-order valence-corrected chi connectivity index (χ2v) is 5.62. The molecule has 4 rings (SSSR count). The van der Waals surface area contributed by atoms with Crippen LogP contribution in [0.15, 0.2) is 29.3 Å². The van der Waals surface area contributed by atoms with Crippen LogP contribution in [0, 0.1) is 5.92 Å². The van der Waals surface area contributed by atoms with Crippen molar-refractivity contribution in [1.82, 2.24) is 4.90 Å². The van der Waals surface area contributed by atoms with Gasteiger partial charge < -0.3 is 4.90 Å². The average Bonchev–Trinajstić information content (AvgIpc) is 2.87. The van der Waals surface area contributed by atoms with Gasteiger partial charge in [0.2, 0.25) is 0 Å². The Morgan fingerprint density at radius 3 is 3.00 bits per heavy atom. The van der Waals surface area contributed by atoms with E-state index in [1.165, 1.54) is 5.84 Å². The van der Waals surface area contributed by atoms with Crippen molar-refractivity contribution in [2.45, 2.75) is 19.0 Å². The fourth-order valence-electron chi connectivity index (χ4n) is 2.97. The van der Waals surface area contributed by atoms with E-state index in [-0.39, 0.29) is 0 Å². The summed E-state index contributed by atoms with van der Waals surface area (Å²) >= 11 is 12.3. The molecule has 2 bridgehead atoms. The number of amidine groups is 1. The number of hydrogen-bond acceptors (Lipinski definition) is 2. The molecular weight excluding hydrogens is 255 g/mol. The standard InChI is InChI=1S/C13H10Cl2N2/c14-8-4-11(15)10-6-17-9-2-1-7(3-9)13(17)16-12(10)5-8/h1-2,4-5,7,9H,3,6H2. The van der Waals surface area contributed by atoms with Crippen molar-refractivity contribution in [3.63, 3.8) is 0 Å². The van der Waals surface area contributed by atoms with Crippen LogP contribution in [0.25, 0.3) is 0 Å². The van der Waals surface area contributed by atoms with Crippen LogP contribution in [-0.2, 0) is 6.54 Å². The van der Waals surface area contributed by atoms with Gasteiger partial charge in [0, 0.05) is 34.1 Å². The molecule has 86 valence electrons. The third kappa shape index (κ3) is 1.31. The molecule has 4 heteroatoms. The lowest BCUT2D eigenvalue weighted by Crippen LogP contribution is -2.36. The van der Waals surface area contributed by atoms with E-state index in [0.29, 0.717) is 17.0 Å². The smallest absolute Gasteiger partial charge is 0.113 e. The van der Waals surface area contributed by atoms with Gasteiger partial charge in [-0.15, -0.1) is 0 Å². The summed E-state index contributed by atoms with van der Waals surface area (Å²) in [5, 5.41) is 1.38. The minimum absolute atomic E-state index is 0.492. The Kier molecular flexibility index (Phi) is 1.92. The second-order valence-electron chi connectivity index (χ2n) is 4.78. The van der Waals surface area contributed by atoms with Crippen molar-refractivity contribution in [2.24, 2.45) is 10.9 Å². The predicted octanol–water partition coefficient (Wildman–Crippen LogP) is 3.80. The van der Waals surface area contributed by atoms with Gasteiger partial charge in [-0.25, -0.2) is 4.99 Å². The number of fused-ring (bicyclic) bond motifs is 6. The highest BCUT2D eigenvalue weighted by Crippen LogP contribution is 2.43. The Labute approximate surface area is 110 Å². The molecule has 2 aliphatic heterocycles. The molecule has 2 nitrogen and oxygen atoms in total. The zero-order valence-corrected chi connectivity index (χ0v) is 10.5. The molecule has 17 heavy (non-hydrogen) atoms. The van der Waals surface area contributed by atoms with Crippen molar-refractivity contribution in [1.29, 1.82) is 0 Å². The molecule has 2 atom stereocenters. The van der Waals surface area contributed by atoms with Crippen LogP contribution in [-0.4, -0.2) is 16.8 Å². The summed E-state index contributed by atoms with van der Waals surface area (Å²) in [6.07, 6.45) is 5.70. The number of hydrogen-bond donors (Lipinski definition) is 0. The Morgan fingerprint density at radius 1 is 1.24 bits per heavy atom. The molecular formula is C13H10Cl2N2. The molecule has 0 aromatic heterocycles. The third-order valence-corrected chi connectivity index (χ3v) is 4.34. The summed E-state index contributed by atoms with van der Waals surface area (Å²) in [4.78, 5) is 7.09. The van der Waals surface area contributed by atoms with Crippen molar-refractivity contribution in [3.05, 3.63) is 39.9 Å². The maximum atomic E-state index is 6.24. The van der Waals surface area contributed by atoms with E-state index in [2.05, 4.69) is 17.1 Å². The molecule has 2 unspecified atom stereocenters. The molecule has 1 fully saturated rings. The second kappa shape index (κ2) is 3.27. The van der Waals surface area contributed by atoms with Gasteiger partial charge in [0.05, 0.1) is 5.69 Å². The van der Waals surface area contributed by atoms with Crippen molar-refractivity contribution >= 4 is 34.7 Å². The lowest BCUT2D eigenvalue weighted by molar-refractivity contribution is 0.378. The maximum Gasteiger partial charge on any atom is 0.113 e. The molecule has 1 aromatic carbocycles. The molecule has 1 aromatic rings. The van der Waals surface area contributed by atoms with Gasteiger partial charge in [-0.1, -0.05) is 35.4 Å². The van der Waals surface area contributed by atoms with Gasteiger partial charge in [-0.3, -0.25) is 0 Å². The molecule has 0 radical (unpaired) electrons. The highest BCUT2D eigenvalue weighted by atomic mass is 35.5. The van der Waals surface area contributed by atoms with Gasteiger partial charge >= 0.3 is 0 Å². The van der Waals surface area contributed by atoms with E-state index in [9.17, 15) is 0 Å². The first kappa shape index (κ1) is 9.98. The Bertz CT molecular complexity index is 577. The average molecular weight is 265 g/mol. The molecule has 3 aliphatic rings. The van der Waals surface area contributed by atoms with Gasteiger partial charge in [0.1, 0.15) is 5.84 Å². The molecule has 1 saturated heterocycles. The van der Waals surface area contributed by atoms with Crippen molar-refractivity contribution in [2.75, 3.05) is 0 Å². The largest absolute Gasteiger partial charge is 0.349 e. The number of rotatable bonds is 0. The molecule has 2 heterocycles. The zero-order valence-electron chi connectivity index (χ0n) is 9.03. The molecule has 0 N–H and O–H groups in total. The Balaban J connectivity index is 1.90. The fourth-order valence-corrected chi connectivity index (χ4v) is 3.51. The van der Waals surface area contributed by atoms with Crippen LogP contribution < -0.4 is 0 Å². The van der Waals surface area contributed by atoms with Crippen LogP contribution in [0.5, 0.6) is 0 Å². The van der Waals surface area contributed by atoms with Crippen molar-refractivity contribution < 1.29 is 0 Å². The highest BCUT2D eigenvalue weighted by Gasteiger charge is 2.41. The van der Waals surface area contributed by atoms with E-state index in [4.69, 9.17) is 28.2 Å². The van der Waals surface area contributed by atoms with E-state index in [1.807, 2.05) is 6.07 Å². The number of aliphatic imine (C=N–C) groups is 1. The third-order valence-electron chi connectivity index (χ3n) is 3.79. The summed E-state index contributed by atoms with van der Waals surface area (Å²) in [6, 6.07) is 4.22. The van der Waals surface area contributed by atoms with Crippen molar-refractivity contribution in [3.8, 4) is 0 Å². The van der Waals surface area contributed by atoms with Crippen LogP contribution in [0.2, 0.25) is 10.0 Å². The van der Waals surface area contributed by atoms with Crippen LogP contribution in [0.3, 0.4) is 0 Å². The first-order valence-electron chi connectivity index (χ1n) is 5.74. The van der Waals surface area contributed by atoms with Gasteiger partial charge in [-0.05, 0) is 18.6 Å². The summed E-state index contributed by atoms with van der Waals surface area (Å²) in [5.74, 6) is 1.68.